The van der Waals surface area contributed by atoms with Gasteiger partial charge in [-0.3, -0.25) is 4.79 Å². The van der Waals surface area contributed by atoms with Crippen LogP contribution in [0.15, 0.2) is 71.1 Å². The molecule has 0 bridgehead atoms. The molecule has 28 heavy (non-hydrogen) atoms. The number of furan rings is 1. The zero-order valence-electron chi connectivity index (χ0n) is 14.6. The summed E-state index contributed by atoms with van der Waals surface area (Å²) in [7, 11) is 0. The van der Waals surface area contributed by atoms with E-state index in [2.05, 4.69) is 5.32 Å². The molecule has 2 N–H and O–H groups in total. The molecule has 0 aliphatic rings. The molecule has 0 saturated carbocycles. The van der Waals surface area contributed by atoms with Crippen molar-refractivity contribution in [1.29, 1.82) is 0 Å². The van der Waals surface area contributed by atoms with Gasteiger partial charge in [0, 0.05) is 27.2 Å². The van der Waals surface area contributed by atoms with E-state index in [-0.39, 0.29) is 12.5 Å². The van der Waals surface area contributed by atoms with E-state index >= 15 is 0 Å². The number of fused-ring (bicyclic) bond motifs is 1. The number of halogens is 2. The van der Waals surface area contributed by atoms with E-state index in [0.717, 1.165) is 10.8 Å². The molecule has 0 spiro atoms. The molecule has 1 amide bonds. The highest BCUT2D eigenvalue weighted by atomic mass is 35.5. The zero-order valence-corrected chi connectivity index (χ0v) is 16.1. The molecule has 6 heteroatoms. The molecule has 0 fully saturated rings. The Bertz CT molecular complexity index is 1180. The number of carbonyl (C=O) groups is 1. The van der Waals surface area contributed by atoms with Crippen LogP contribution in [0.5, 0.6) is 0 Å². The third-order valence-corrected chi connectivity index (χ3v) is 5.07. The molecule has 1 heterocycles. The van der Waals surface area contributed by atoms with Crippen LogP contribution < -0.4 is 5.32 Å². The number of carbonyl (C=O) groups excluding carboxylic acids is 1. The van der Waals surface area contributed by atoms with Crippen LogP contribution in [0.25, 0.3) is 22.1 Å². The lowest BCUT2D eigenvalue weighted by Crippen LogP contribution is -2.12. The maximum Gasteiger partial charge on any atom is 0.256 e. The first kappa shape index (κ1) is 18.6. The summed E-state index contributed by atoms with van der Waals surface area (Å²) in [5, 5.41) is 14.6. The summed E-state index contributed by atoms with van der Waals surface area (Å²) in [6.07, 6.45) is 0. The molecule has 4 nitrogen and oxygen atoms in total. The van der Waals surface area contributed by atoms with Gasteiger partial charge in [-0.2, -0.15) is 0 Å². The van der Waals surface area contributed by atoms with Crippen molar-refractivity contribution in [2.75, 3.05) is 5.32 Å². The molecule has 0 unspecified atom stereocenters. The Morgan fingerprint density at radius 2 is 1.71 bits per heavy atom. The van der Waals surface area contributed by atoms with Gasteiger partial charge in [0.05, 0.1) is 5.02 Å². The summed E-state index contributed by atoms with van der Waals surface area (Å²) < 4.78 is 5.52. The quantitative estimate of drug-likeness (QED) is 0.423. The number of aliphatic hydroxyl groups is 1. The van der Waals surface area contributed by atoms with Gasteiger partial charge in [-0.25, -0.2) is 0 Å². The molecular weight excluding hydrogens is 397 g/mol. The third kappa shape index (κ3) is 3.50. The van der Waals surface area contributed by atoms with E-state index in [1.165, 1.54) is 0 Å². The number of hydrogen-bond acceptors (Lipinski definition) is 3. The number of hydrogen-bond donors (Lipinski definition) is 2. The molecule has 140 valence electrons. The predicted molar refractivity (Wildman–Crippen MR) is 112 cm³/mol. The van der Waals surface area contributed by atoms with Gasteiger partial charge in [-0.1, -0.05) is 47.5 Å². The highest BCUT2D eigenvalue weighted by Gasteiger charge is 2.14. The molecule has 3 aromatic carbocycles. The topological polar surface area (TPSA) is 62.5 Å². The average molecular weight is 412 g/mol. The Labute approximate surface area is 171 Å². The van der Waals surface area contributed by atoms with Crippen molar-refractivity contribution in [1.82, 2.24) is 0 Å². The van der Waals surface area contributed by atoms with E-state index in [0.29, 0.717) is 38.4 Å². The molecule has 0 saturated heterocycles. The molecule has 0 aliphatic heterocycles. The molecule has 0 aliphatic carbocycles. The normalized spacial score (nSPS) is 11.0. The maximum atomic E-state index is 12.8. The summed E-state index contributed by atoms with van der Waals surface area (Å²) >= 11 is 12.6. The molecule has 4 aromatic rings. The van der Waals surface area contributed by atoms with Crippen molar-refractivity contribution in [3.63, 3.8) is 0 Å². The van der Waals surface area contributed by atoms with Crippen LogP contribution in [0.4, 0.5) is 5.69 Å². The Kier molecular flexibility index (Phi) is 5.09. The van der Waals surface area contributed by atoms with Gasteiger partial charge in [-0.15, -0.1) is 0 Å². The van der Waals surface area contributed by atoms with Crippen LogP contribution in [0.1, 0.15) is 16.1 Å². The number of rotatable bonds is 4. The first-order chi connectivity index (χ1) is 13.6. The van der Waals surface area contributed by atoms with Crippen LogP contribution in [0.2, 0.25) is 10.0 Å². The van der Waals surface area contributed by atoms with E-state index in [1.54, 1.807) is 48.5 Å². The summed E-state index contributed by atoms with van der Waals surface area (Å²) in [5.41, 5.74) is 1.77. The summed E-state index contributed by atoms with van der Waals surface area (Å²) in [6.45, 7) is -0.180. The first-order valence-electron chi connectivity index (χ1n) is 8.55. The maximum absolute atomic E-state index is 12.8. The minimum atomic E-state index is -0.253. The van der Waals surface area contributed by atoms with Gasteiger partial charge in [0.15, 0.2) is 0 Å². The van der Waals surface area contributed by atoms with E-state index in [1.807, 2.05) is 18.2 Å². The fourth-order valence-corrected chi connectivity index (χ4v) is 3.58. The molecule has 0 atom stereocenters. The molecule has 4 rings (SSSR count). The van der Waals surface area contributed by atoms with Crippen molar-refractivity contribution >= 4 is 45.6 Å². The highest BCUT2D eigenvalue weighted by molar-refractivity contribution is 6.36. The fourth-order valence-electron chi connectivity index (χ4n) is 3.07. The summed E-state index contributed by atoms with van der Waals surface area (Å²) in [6, 6.07) is 19.5. The third-order valence-electron chi connectivity index (χ3n) is 4.42. The average Bonchev–Trinajstić information content (AvgIpc) is 3.17. The van der Waals surface area contributed by atoms with Crippen molar-refractivity contribution in [3.05, 3.63) is 88.1 Å². The number of benzene rings is 3. The summed E-state index contributed by atoms with van der Waals surface area (Å²) in [5.74, 6) is 0.755. The van der Waals surface area contributed by atoms with Crippen LogP contribution in [-0.2, 0) is 6.61 Å². The second kappa shape index (κ2) is 7.68. The van der Waals surface area contributed by atoms with Crippen molar-refractivity contribution < 1.29 is 14.3 Å². The molecule has 1 aromatic heterocycles. The van der Waals surface area contributed by atoms with Crippen molar-refractivity contribution in [2.24, 2.45) is 0 Å². The lowest BCUT2D eigenvalue weighted by atomic mass is 10.0. The van der Waals surface area contributed by atoms with Gasteiger partial charge in [0.1, 0.15) is 18.1 Å². The lowest BCUT2D eigenvalue weighted by Gasteiger charge is -2.10. The fraction of sp³-hybridized carbons (Fsp3) is 0.0455. The standard InChI is InChI=1S/C22H15Cl2NO3/c23-19-6-2-3-15-16(19)4-1-5-17(15)22(27)25-13-7-9-18(20(24)11-13)21-10-8-14(12-26)28-21/h1-11,26H,12H2,(H,25,27). The first-order valence-corrected chi connectivity index (χ1v) is 9.30. The summed E-state index contributed by atoms with van der Waals surface area (Å²) in [4.78, 5) is 12.8. The van der Waals surface area contributed by atoms with Crippen LogP contribution >= 0.6 is 23.2 Å². The van der Waals surface area contributed by atoms with E-state index in [4.69, 9.17) is 32.7 Å². The number of nitrogens with one attached hydrogen (secondary N) is 1. The molecule has 0 radical (unpaired) electrons. The highest BCUT2D eigenvalue weighted by Crippen LogP contribution is 2.32. The Morgan fingerprint density at radius 1 is 0.929 bits per heavy atom. The minimum absolute atomic E-state index is 0.180. The Morgan fingerprint density at radius 3 is 2.46 bits per heavy atom. The monoisotopic (exact) mass is 411 g/mol. The van der Waals surface area contributed by atoms with Crippen molar-refractivity contribution in [3.8, 4) is 11.3 Å². The largest absolute Gasteiger partial charge is 0.459 e. The van der Waals surface area contributed by atoms with Crippen molar-refractivity contribution in [2.45, 2.75) is 6.61 Å². The SMILES string of the molecule is O=C(Nc1ccc(-c2ccc(CO)o2)c(Cl)c1)c1cccc2c(Cl)cccc12. The number of anilines is 1. The number of amides is 1. The smallest absolute Gasteiger partial charge is 0.256 e. The number of aliphatic hydroxyl groups excluding tert-OH is 1. The van der Waals surface area contributed by atoms with Gasteiger partial charge < -0.3 is 14.8 Å². The minimum Gasteiger partial charge on any atom is -0.459 e. The van der Waals surface area contributed by atoms with E-state index in [9.17, 15) is 4.79 Å². The zero-order chi connectivity index (χ0) is 19.7. The van der Waals surface area contributed by atoms with Gasteiger partial charge in [0.25, 0.3) is 5.91 Å². The van der Waals surface area contributed by atoms with E-state index < -0.39 is 0 Å². The van der Waals surface area contributed by atoms with Gasteiger partial charge in [0.2, 0.25) is 0 Å². The lowest BCUT2D eigenvalue weighted by molar-refractivity contribution is 0.102. The van der Waals surface area contributed by atoms with Gasteiger partial charge in [-0.05, 0) is 47.9 Å². The Hall–Kier alpha value is -2.79. The second-order valence-electron chi connectivity index (χ2n) is 6.21. The molecular formula is C22H15Cl2NO3. The van der Waals surface area contributed by atoms with Crippen LogP contribution in [-0.4, -0.2) is 11.0 Å². The van der Waals surface area contributed by atoms with Crippen LogP contribution in [0, 0.1) is 0 Å². The predicted octanol–water partition coefficient (Wildman–Crippen LogP) is 6.15. The van der Waals surface area contributed by atoms with Crippen LogP contribution in [0.3, 0.4) is 0 Å². The van der Waals surface area contributed by atoms with Gasteiger partial charge >= 0.3 is 0 Å². The second-order valence-corrected chi connectivity index (χ2v) is 7.03. The Balaban J connectivity index is 1.62.